The van der Waals surface area contributed by atoms with Crippen molar-refractivity contribution in [3.05, 3.63) is 11.6 Å². The highest BCUT2D eigenvalue weighted by atomic mass is 16.8. The molecular formula is C12H16O4. The zero-order chi connectivity index (χ0) is 11.7. The first kappa shape index (κ1) is 10.4. The molecule has 0 aromatic heterocycles. The van der Waals surface area contributed by atoms with Crippen LogP contribution in [0.2, 0.25) is 0 Å². The number of carbonyl (C=O) groups excluding carboxylic acids is 1. The Morgan fingerprint density at radius 1 is 1.25 bits per heavy atom. The summed E-state index contributed by atoms with van der Waals surface area (Å²) in [6.07, 6.45) is 0.344. The number of aliphatic hydroxyl groups excluding tert-OH is 1. The van der Waals surface area contributed by atoms with E-state index < -0.39 is 11.9 Å². The van der Waals surface area contributed by atoms with Crippen LogP contribution in [0.5, 0.6) is 0 Å². The van der Waals surface area contributed by atoms with Gasteiger partial charge >= 0.3 is 0 Å². The lowest BCUT2D eigenvalue weighted by Gasteiger charge is -2.24. The zero-order valence-electron chi connectivity index (χ0n) is 9.64. The molecule has 5 atom stereocenters. The molecule has 2 fully saturated rings. The summed E-state index contributed by atoms with van der Waals surface area (Å²) in [7, 11) is 0. The monoisotopic (exact) mass is 224 g/mol. The molecule has 0 amide bonds. The highest BCUT2D eigenvalue weighted by molar-refractivity contribution is 5.96. The fourth-order valence-corrected chi connectivity index (χ4v) is 3.29. The number of ketones is 1. The SMILES string of the molecule is CC1=CC(=O)[C@@H]2[C@H]3OC(C)(C)O[C@H]3[C@H](O)[C@H]12. The molecule has 1 N–H and O–H groups in total. The van der Waals surface area contributed by atoms with Crippen molar-refractivity contribution in [1.82, 2.24) is 0 Å². The first-order valence-corrected chi connectivity index (χ1v) is 5.66. The minimum atomic E-state index is -0.696. The van der Waals surface area contributed by atoms with Crippen LogP contribution in [0.1, 0.15) is 20.8 Å². The Labute approximate surface area is 94.2 Å². The lowest BCUT2D eigenvalue weighted by molar-refractivity contribution is -0.171. The highest BCUT2D eigenvalue weighted by Gasteiger charge is 2.62. The summed E-state index contributed by atoms with van der Waals surface area (Å²) in [5.74, 6) is -0.992. The van der Waals surface area contributed by atoms with Crippen LogP contribution in [0.3, 0.4) is 0 Å². The third-order valence-electron chi connectivity index (χ3n) is 3.83. The van der Waals surface area contributed by atoms with E-state index in [0.29, 0.717) is 0 Å². The molecule has 0 unspecified atom stereocenters. The number of allylic oxidation sites excluding steroid dienone is 1. The molecule has 0 aromatic rings. The van der Waals surface area contributed by atoms with Crippen LogP contribution < -0.4 is 0 Å². The lowest BCUT2D eigenvalue weighted by Crippen LogP contribution is -2.32. The van der Waals surface area contributed by atoms with E-state index in [-0.39, 0.29) is 29.8 Å². The van der Waals surface area contributed by atoms with E-state index in [2.05, 4.69) is 0 Å². The molecule has 0 spiro atoms. The number of carbonyl (C=O) groups is 1. The molecule has 1 aliphatic heterocycles. The molecule has 1 saturated heterocycles. The third-order valence-corrected chi connectivity index (χ3v) is 3.83. The Morgan fingerprint density at radius 3 is 2.56 bits per heavy atom. The van der Waals surface area contributed by atoms with E-state index in [1.807, 2.05) is 20.8 Å². The molecular weight excluding hydrogens is 208 g/mol. The minimum absolute atomic E-state index is 0.0651. The van der Waals surface area contributed by atoms with Gasteiger partial charge in [-0.2, -0.15) is 0 Å². The van der Waals surface area contributed by atoms with Gasteiger partial charge in [0.25, 0.3) is 0 Å². The molecule has 1 saturated carbocycles. The highest BCUT2D eigenvalue weighted by Crippen LogP contribution is 2.50. The van der Waals surface area contributed by atoms with Gasteiger partial charge in [-0.1, -0.05) is 5.57 Å². The van der Waals surface area contributed by atoms with E-state index in [4.69, 9.17) is 9.47 Å². The van der Waals surface area contributed by atoms with Crippen LogP contribution in [0.15, 0.2) is 11.6 Å². The summed E-state index contributed by atoms with van der Waals surface area (Å²) >= 11 is 0. The Morgan fingerprint density at radius 2 is 1.88 bits per heavy atom. The van der Waals surface area contributed by atoms with Crippen LogP contribution >= 0.6 is 0 Å². The normalized spacial score (nSPS) is 49.1. The van der Waals surface area contributed by atoms with E-state index in [1.165, 1.54) is 0 Å². The first-order valence-electron chi connectivity index (χ1n) is 5.66. The van der Waals surface area contributed by atoms with Gasteiger partial charge in [-0.3, -0.25) is 4.79 Å². The minimum Gasteiger partial charge on any atom is -0.390 e. The number of hydrogen-bond donors (Lipinski definition) is 1. The molecule has 0 radical (unpaired) electrons. The molecule has 16 heavy (non-hydrogen) atoms. The molecule has 2 aliphatic carbocycles. The average molecular weight is 224 g/mol. The summed E-state index contributed by atoms with van der Waals surface area (Å²) in [6.45, 7) is 5.51. The Balaban J connectivity index is 1.96. The van der Waals surface area contributed by atoms with Crippen molar-refractivity contribution < 1.29 is 19.4 Å². The largest absolute Gasteiger partial charge is 0.390 e. The van der Waals surface area contributed by atoms with E-state index in [9.17, 15) is 9.90 Å². The second kappa shape index (κ2) is 2.94. The van der Waals surface area contributed by atoms with Crippen LogP contribution in [-0.2, 0) is 14.3 Å². The number of rotatable bonds is 0. The molecule has 4 nitrogen and oxygen atoms in total. The molecule has 1 heterocycles. The van der Waals surface area contributed by atoms with Gasteiger partial charge in [0, 0.05) is 5.92 Å². The maximum absolute atomic E-state index is 11.8. The summed E-state index contributed by atoms with van der Waals surface area (Å²) in [6, 6.07) is 0. The summed E-state index contributed by atoms with van der Waals surface area (Å²) in [5, 5.41) is 10.2. The van der Waals surface area contributed by atoms with Gasteiger partial charge in [0.2, 0.25) is 0 Å². The van der Waals surface area contributed by atoms with Crippen LogP contribution in [0.4, 0.5) is 0 Å². The zero-order valence-corrected chi connectivity index (χ0v) is 9.64. The van der Waals surface area contributed by atoms with Crippen LogP contribution in [0, 0.1) is 11.8 Å². The second-order valence-electron chi connectivity index (χ2n) is 5.40. The Kier molecular flexibility index (Phi) is 1.92. The van der Waals surface area contributed by atoms with E-state index in [1.54, 1.807) is 6.08 Å². The van der Waals surface area contributed by atoms with Crippen molar-refractivity contribution in [2.24, 2.45) is 11.8 Å². The maximum atomic E-state index is 11.8. The average Bonchev–Trinajstić information content (AvgIpc) is 2.69. The van der Waals surface area contributed by atoms with Crippen LogP contribution in [-0.4, -0.2) is 35.0 Å². The van der Waals surface area contributed by atoms with Gasteiger partial charge < -0.3 is 14.6 Å². The van der Waals surface area contributed by atoms with Gasteiger partial charge in [-0.05, 0) is 26.8 Å². The van der Waals surface area contributed by atoms with Crippen molar-refractivity contribution in [3.63, 3.8) is 0 Å². The molecule has 3 rings (SSSR count). The predicted octanol–water partition coefficient (Wildman–Crippen LogP) is 0.642. The van der Waals surface area contributed by atoms with Gasteiger partial charge in [0.05, 0.1) is 12.0 Å². The molecule has 4 heteroatoms. The van der Waals surface area contributed by atoms with E-state index >= 15 is 0 Å². The fourth-order valence-electron chi connectivity index (χ4n) is 3.29. The number of ether oxygens (including phenoxy) is 2. The topological polar surface area (TPSA) is 55.8 Å². The van der Waals surface area contributed by atoms with Crippen molar-refractivity contribution in [3.8, 4) is 0 Å². The van der Waals surface area contributed by atoms with Crippen molar-refractivity contribution in [1.29, 1.82) is 0 Å². The van der Waals surface area contributed by atoms with Crippen molar-refractivity contribution >= 4 is 5.78 Å². The maximum Gasteiger partial charge on any atom is 0.163 e. The molecule has 3 aliphatic rings. The number of hydrogen-bond acceptors (Lipinski definition) is 4. The Hall–Kier alpha value is -0.710. The summed E-state index contributed by atoms with van der Waals surface area (Å²) in [4.78, 5) is 11.8. The predicted molar refractivity (Wildman–Crippen MR) is 55.6 cm³/mol. The first-order chi connectivity index (χ1) is 7.41. The lowest BCUT2D eigenvalue weighted by atomic mass is 9.92. The van der Waals surface area contributed by atoms with Gasteiger partial charge in [0.1, 0.15) is 12.2 Å². The summed E-state index contributed by atoms with van der Waals surface area (Å²) in [5.41, 5.74) is 0.946. The standard InChI is InChI=1S/C12H16O4/c1-5-4-6(13)8-7(5)9(14)11-10(8)15-12(2,3)16-11/h4,7-11,14H,1-3H3/t7-,8+,9-,10-,11+/m1/s1. The molecule has 0 aromatic carbocycles. The number of aliphatic hydroxyl groups is 1. The van der Waals surface area contributed by atoms with Crippen molar-refractivity contribution in [2.75, 3.05) is 0 Å². The van der Waals surface area contributed by atoms with E-state index in [0.717, 1.165) is 5.57 Å². The fraction of sp³-hybridized carbons (Fsp3) is 0.750. The Bertz CT molecular complexity index is 384. The molecule has 88 valence electrons. The smallest absolute Gasteiger partial charge is 0.163 e. The summed E-state index contributed by atoms with van der Waals surface area (Å²) < 4.78 is 11.4. The van der Waals surface area contributed by atoms with Crippen LogP contribution in [0.25, 0.3) is 0 Å². The van der Waals surface area contributed by atoms with Gasteiger partial charge in [-0.25, -0.2) is 0 Å². The third kappa shape index (κ3) is 1.18. The van der Waals surface area contributed by atoms with Gasteiger partial charge in [-0.15, -0.1) is 0 Å². The molecule has 0 bridgehead atoms. The van der Waals surface area contributed by atoms with Crippen molar-refractivity contribution in [2.45, 2.75) is 44.9 Å². The number of fused-ring (bicyclic) bond motifs is 3. The quantitative estimate of drug-likeness (QED) is 0.656. The second-order valence-corrected chi connectivity index (χ2v) is 5.40. The van der Waals surface area contributed by atoms with Gasteiger partial charge in [0.15, 0.2) is 11.6 Å².